The molecule has 0 amide bonds. The molecule has 24 saturated carbocycles. The number of carbonyl (C=O) groups excluding carboxylic acids is 6. The largest absolute Gasteiger partial charge is 0.393 e. The first-order chi connectivity index (χ1) is 69.9. The molecule has 0 aromatic carbocycles. The quantitative estimate of drug-likeness (QED) is 0.146. The third-order valence-corrected chi connectivity index (χ3v) is 51.6. The summed E-state index contributed by atoms with van der Waals surface area (Å²) >= 11 is 0. The average Bonchev–Trinajstić information content (AvgIpc) is 1.63. The minimum Gasteiger partial charge on any atom is -0.393 e. The first-order valence-electron chi connectivity index (χ1n) is 65.1. The SMILES string of the molecule is [2H]C1([2H])C[C@@]2([2H])[C@@H](CC[C@@H]3C[C@H](O)CC[C@@]32C)[C@@H]2CC[C@H](C(C)=O)[C@]21C.[2H]C1([2H])C[C@]2(C)[C@@H](C(C)=O)CC[C@H]2[C@@H]2CC[C@H]3C[C@]([2H])(O)CC[C@]3(C)[C@H]21.[2H]C1([2H])[C@H]2[C@@H](CC[C@@H]3C[C@H](O)CC[C@@]32C)[C@@H]2CC[C@H](C(C)=O)[C@@]2(C)C1([2H])[2H].[2H][C@]1(C(C)=O)CC[C@H]2[C@@H]3CC[C@@H]4C[C@H](O)CC[C@]4(C)[C@H]3CC[C@@]21C.[2H][C@]1(C(C)=O)CC[C@H]2[C@@H]3CC[C@@H]4C[C@H](O)CC[C@]4(C)[C@H]3CC[C@@]21C.[2H][C@]1(C(C)=O)CC[C@H]2[C@@H]3CC[C@H]4C[C@H](O)CC[C@]4(C)[C@H]3CC[C@@]21C. The van der Waals surface area contributed by atoms with Gasteiger partial charge in [-0.2, -0.15) is 0 Å². The number of fused-ring (bicyclic) bond motifs is 30. The molecule has 48 atom stereocenters. The van der Waals surface area contributed by atoms with Gasteiger partial charge in [-0.05, 0) is 595 Å². The Morgan fingerprint density at radius 2 is 0.457 bits per heavy atom. The van der Waals surface area contributed by atoms with Crippen molar-refractivity contribution in [2.75, 3.05) is 0 Å². The van der Waals surface area contributed by atoms with Crippen molar-refractivity contribution in [3.8, 4) is 0 Å². The summed E-state index contributed by atoms with van der Waals surface area (Å²) in [5, 5.41) is 61.0. The van der Waals surface area contributed by atoms with Crippen LogP contribution in [0.15, 0.2) is 0 Å². The second-order valence-corrected chi connectivity index (χ2v) is 56.8. The predicted octanol–water partition coefficient (Wildman–Crippen LogP) is 27.6. The number of aliphatic hydroxyl groups excluding tert-OH is 5. The van der Waals surface area contributed by atoms with Crippen molar-refractivity contribution in [3.63, 3.8) is 0 Å². The molecule has 0 aliphatic heterocycles. The molecule has 24 aliphatic rings. The number of aliphatic hydroxyl groups is 6. The lowest BCUT2D eigenvalue weighted by molar-refractivity contribution is -0.138. The molecule has 0 unspecified atom stereocenters. The maximum atomic E-state index is 12.4. The third kappa shape index (κ3) is 17.2. The van der Waals surface area contributed by atoms with E-state index < -0.39 is 66.0 Å². The summed E-state index contributed by atoms with van der Waals surface area (Å²) in [6.07, 6.45) is 38.2. The van der Waals surface area contributed by atoms with E-state index in [1.165, 1.54) is 77.0 Å². The molecule has 0 aromatic heterocycles. The molecule has 0 radical (unpaired) electrons. The van der Waals surface area contributed by atoms with Gasteiger partial charge in [0.2, 0.25) is 0 Å². The van der Waals surface area contributed by atoms with Crippen LogP contribution in [-0.4, -0.2) is 102 Å². The van der Waals surface area contributed by atoms with Crippen molar-refractivity contribution >= 4 is 34.7 Å². The molecule has 0 heterocycles. The fourth-order valence-electron chi connectivity index (χ4n) is 43.9. The van der Waals surface area contributed by atoms with Crippen LogP contribution in [-0.2, 0) is 28.8 Å². The Labute approximate surface area is 857 Å². The van der Waals surface area contributed by atoms with Gasteiger partial charge in [-0.3, -0.25) is 28.8 Å². The fraction of sp³-hybridized carbons (Fsp3) is 0.952. The van der Waals surface area contributed by atoms with Gasteiger partial charge in [0.15, 0.2) is 0 Å². The number of rotatable bonds is 6. The Hall–Kier alpha value is -2.22. The van der Waals surface area contributed by atoms with Crippen molar-refractivity contribution in [1.82, 2.24) is 0 Å². The summed E-state index contributed by atoms with van der Waals surface area (Å²) in [7, 11) is 0. The molecule has 0 saturated heterocycles. The topological polar surface area (TPSA) is 224 Å². The number of carbonyl (C=O) groups is 6. The zero-order valence-corrected chi connectivity index (χ0v) is 89.9. The lowest BCUT2D eigenvalue weighted by Crippen LogP contribution is -2.54. The molecule has 0 bridgehead atoms. The maximum absolute atomic E-state index is 12.4. The summed E-state index contributed by atoms with van der Waals surface area (Å²) in [5.41, 5.74) is -1.59. The Morgan fingerprint density at radius 1 is 0.210 bits per heavy atom. The van der Waals surface area contributed by atoms with E-state index in [2.05, 4.69) is 69.2 Å². The van der Waals surface area contributed by atoms with Gasteiger partial charge in [-0.1, -0.05) is 83.1 Å². The number of Topliss-reactive ketones (excluding diaryl/α,β-unsaturated/α-hetero) is 6. The minimum absolute atomic E-state index is 0.00590. The van der Waals surface area contributed by atoms with E-state index in [0.717, 1.165) is 223 Å². The van der Waals surface area contributed by atoms with Crippen LogP contribution in [0.4, 0.5) is 0 Å². The Balaban J connectivity index is 0.000000114. The highest BCUT2D eigenvalue weighted by molar-refractivity contribution is 5.82. The van der Waals surface area contributed by atoms with Gasteiger partial charge in [-0.25, -0.2) is 0 Å². The molecule has 24 fully saturated rings. The zero-order valence-electron chi connectivity index (χ0n) is 103. The van der Waals surface area contributed by atoms with Crippen LogP contribution in [0.3, 0.4) is 0 Å². The van der Waals surface area contributed by atoms with Crippen LogP contribution in [0, 0.1) is 242 Å². The zero-order chi connectivity index (χ0) is 110. The van der Waals surface area contributed by atoms with Gasteiger partial charge in [0, 0.05) is 51.9 Å². The van der Waals surface area contributed by atoms with Crippen LogP contribution >= 0.6 is 0 Å². The molecule has 24 aliphatic carbocycles. The molecule has 24 rings (SSSR count). The smallest absolute Gasteiger partial charge is 0.133 e. The van der Waals surface area contributed by atoms with E-state index in [-0.39, 0.29) is 175 Å². The van der Waals surface area contributed by atoms with Gasteiger partial charge >= 0.3 is 0 Å². The third-order valence-electron chi connectivity index (χ3n) is 51.6. The van der Waals surface area contributed by atoms with Gasteiger partial charge in [-0.15, -0.1) is 0 Å². The van der Waals surface area contributed by atoms with Crippen molar-refractivity contribution < 1.29 is 77.2 Å². The summed E-state index contributed by atoms with van der Waals surface area (Å²) in [4.78, 5) is 73.9. The van der Waals surface area contributed by atoms with Gasteiger partial charge < -0.3 is 30.6 Å². The van der Waals surface area contributed by atoms with E-state index in [4.69, 9.17) is 16.4 Å². The van der Waals surface area contributed by atoms with Crippen LogP contribution < -0.4 is 0 Å². The van der Waals surface area contributed by atoms with E-state index in [9.17, 15) is 60.8 Å². The van der Waals surface area contributed by atoms with Crippen molar-refractivity contribution in [2.24, 2.45) is 242 Å². The van der Waals surface area contributed by atoms with Gasteiger partial charge in [0.1, 0.15) is 34.7 Å². The monoisotopic (exact) mass is 1920 g/mol. The van der Waals surface area contributed by atoms with E-state index >= 15 is 0 Å². The Kier molecular flexibility index (Phi) is 24.8. The van der Waals surface area contributed by atoms with Crippen molar-refractivity contribution in [3.05, 3.63) is 0 Å². The summed E-state index contributed by atoms with van der Waals surface area (Å²) < 4.78 is 117. The number of ketones is 6. The Bertz CT molecular complexity index is 4880. The fourth-order valence-corrected chi connectivity index (χ4v) is 43.9. The summed E-state index contributed by atoms with van der Waals surface area (Å²) in [5.74, 6) is 6.59. The second-order valence-electron chi connectivity index (χ2n) is 56.8. The standard InChI is InChI=1S/6C21H34O2/c6*1-13(22)17-6-7-18-16-5-4-14-12-15(23)8-10-20(14,2)19(16)9-11-21(17,18)3/h6*14-19,23H,4-12H2,1-3H3/t2*14-,15+,16-,17+,18-,19-,20-,21+;4*14-,15-,16+,17-,18+,19+,20+,21-/m001111/s1/i9D2,15D;17D;11D2,19D;9D2,11D2;2*17D. The van der Waals surface area contributed by atoms with E-state index in [0.29, 0.717) is 119 Å². The maximum Gasteiger partial charge on any atom is 0.133 e. The lowest BCUT2D eigenvalue weighted by atomic mass is 9.44. The van der Waals surface area contributed by atoms with Gasteiger partial charge in [0.05, 0.1) is 38.0 Å². The minimum atomic E-state index is -2.04. The van der Waals surface area contributed by atoms with E-state index in [1.54, 1.807) is 41.5 Å². The van der Waals surface area contributed by atoms with Crippen LogP contribution in [0.2, 0.25) is 0 Å². The Morgan fingerprint density at radius 3 is 0.804 bits per heavy atom. The summed E-state index contributed by atoms with van der Waals surface area (Å²) in [6, 6.07) is 0. The van der Waals surface area contributed by atoms with Gasteiger partial charge in [0.25, 0.3) is 0 Å². The average molecular weight is 1920 g/mol. The molecule has 0 spiro atoms. The first kappa shape index (κ1) is 88.7. The molecular weight excluding hydrogens is 1710 g/mol. The van der Waals surface area contributed by atoms with E-state index in [1.807, 2.05) is 13.8 Å². The second kappa shape index (κ2) is 38.7. The van der Waals surface area contributed by atoms with Crippen molar-refractivity contribution in [2.45, 2.75) is 508 Å². The highest BCUT2D eigenvalue weighted by Crippen LogP contribution is 2.76. The molecule has 12 heteroatoms. The highest BCUT2D eigenvalue weighted by atomic mass is 16.3. The number of hydrogen-bond donors (Lipinski definition) is 6. The number of hydrogen-bond acceptors (Lipinski definition) is 12. The molecule has 138 heavy (non-hydrogen) atoms. The summed E-state index contributed by atoms with van der Waals surface area (Å²) in [6.45, 7) is 36.7. The molecular formula is C126H204O12. The lowest BCUT2D eigenvalue weighted by Gasteiger charge is -2.60. The molecule has 12 nitrogen and oxygen atoms in total. The normalized spacial score (nSPS) is 61.2. The molecule has 6 N–H and O–H groups in total. The first-order valence-corrected chi connectivity index (χ1v) is 58.6. The van der Waals surface area contributed by atoms with Crippen molar-refractivity contribution in [1.29, 1.82) is 0 Å². The highest BCUT2D eigenvalue weighted by Gasteiger charge is 2.70. The van der Waals surface area contributed by atoms with Crippen LogP contribution in [0.25, 0.3) is 0 Å². The van der Waals surface area contributed by atoms with Crippen LogP contribution in [0.1, 0.15) is 489 Å². The van der Waals surface area contributed by atoms with Crippen LogP contribution in [0.5, 0.6) is 0 Å². The predicted molar refractivity (Wildman–Crippen MR) is 551 cm³/mol. The molecule has 780 valence electrons. The molecule has 0 aromatic rings.